The Morgan fingerprint density at radius 1 is 1.26 bits per heavy atom. The van der Waals surface area contributed by atoms with E-state index in [0.717, 1.165) is 21.3 Å². The van der Waals surface area contributed by atoms with Crippen molar-refractivity contribution in [1.29, 1.82) is 0 Å². The lowest BCUT2D eigenvalue weighted by Gasteiger charge is -2.15. The van der Waals surface area contributed by atoms with Crippen molar-refractivity contribution in [3.05, 3.63) is 58.9 Å². The topological polar surface area (TPSA) is 38.1 Å². The van der Waals surface area contributed by atoms with Gasteiger partial charge in [-0.25, -0.2) is 4.98 Å². The maximum Gasteiger partial charge on any atom is 0.139 e. The smallest absolute Gasteiger partial charge is 0.139 e. The van der Waals surface area contributed by atoms with Crippen molar-refractivity contribution >= 4 is 32.7 Å². The van der Waals surface area contributed by atoms with Gasteiger partial charge in [0.05, 0.1) is 17.7 Å². The summed E-state index contributed by atoms with van der Waals surface area (Å²) < 4.78 is 6.45. The second-order valence-electron chi connectivity index (χ2n) is 4.41. The number of hydrogen-bond acceptors (Lipinski definition) is 3. The Labute approximate surface area is 119 Å². The van der Waals surface area contributed by atoms with Crippen LogP contribution in [0, 0.1) is 0 Å². The highest BCUT2D eigenvalue weighted by atomic mass is 79.9. The predicted octanol–water partition coefficient (Wildman–Crippen LogP) is 4.76. The van der Waals surface area contributed by atoms with Gasteiger partial charge in [-0.05, 0) is 36.8 Å². The Balaban J connectivity index is 1.90. The van der Waals surface area contributed by atoms with Crippen LogP contribution in [0.1, 0.15) is 18.5 Å². The molecule has 0 saturated heterocycles. The fourth-order valence-electron chi connectivity index (χ4n) is 2.07. The largest absolute Gasteiger partial charge is 0.464 e. The molecule has 1 aromatic carbocycles. The van der Waals surface area contributed by atoms with Crippen molar-refractivity contribution in [1.82, 2.24) is 4.98 Å². The SMILES string of the molecule is CC(Nc1nccc2occc12)c1cccc(Br)c1. The molecule has 1 N–H and O–H groups in total. The number of rotatable bonds is 3. The summed E-state index contributed by atoms with van der Waals surface area (Å²) in [7, 11) is 0. The van der Waals surface area contributed by atoms with Crippen LogP contribution in [0.5, 0.6) is 0 Å². The van der Waals surface area contributed by atoms with E-state index in [-0.39, 0.29) is 6.04 Å². The molecular formula is C15H13BrN2O. The molecule has 4 heteroatoms. The van der Waals surface area contributed by atoms with Gasteiger partial charge in [0.15, 0.2) is 0 Å². The minimum absolute atomic E-state index is 0.172. The highest BCUT2D eigenvalue weighted by Gasteiger charge is 2.10. The first-order valence-electron chi connectivity index (χ1n) is 6.08. The molecule has 0 amide bonds. The van der Waals surface area contributed by atoms with Gasteiger partial charge in [-0.3, -0.25) is 0 Å². The highest BCUT2D eigenvalue weighted by Crippen LogP contribution is 2.26. The summed E-state index contributed by atoms with van der Waals surface area (Å²) in [5.74, 6) is 0.846. The van der Waals surface area contributed by atoms with E-state index in [0.29, 0.717) is 0 Å². The molecule has 96 valence electrons. The number of anilines is 1. The third kappa shape index (κ3) is 2.49. The summed E-state index contributed by atoms with van der Waals surface area (Å²) in [5.41, 5.74) is 2.05. The minimum Gasteiger partial charge on any atom is -0.464 e. The minimum atomic E-state index is 0.172. The second-order valence-corrected chi connectivity index (χ2v) is 5.33. The van der Waals surface area contributed by atoms with Crippen LogP contribution in [0.4, 0.5) is 5.82 Å². The Morgan fingerprint density at radius 2 is 2.16 bits per heavy atom. The van der Waals surface area contributed by atoms with Gasteiger partial charge in [0, 0.05) is 10.7 Å². The lowest BCUT2D eigenvalue weighted by Crippen LogP contribution is -2.07. The highest BCUT2D eigenvalue weighted by molar-refractivity contribution is 9.10. The summed E-state index contributed by atoms with van der Waals surface area (Å²) >= 11 is 3.49. The van der Waals surface area contributed by atoms with Crippen molar-refractivity contribution in [3.63, 3.8) is 0 Å². The zero-order valence-electron chi connectivity index (χ0n) is 10.4. The Hall–Kier alpha value is -1.81. The number of benzene rings is 1. The summed E-state index contributed by atoms with van der Waals surface area (Å²) in [6.07, 6.45) is 3.43. The van der Waals surface area contributed by atoms with Gasteiger partial charge in [0.2, 0.25) is 0 Å². The first kappa shape index (κ1) is 12.2. The van der Waals surface area contributed by atoms with E-state index in [2.05, 4.69) is 45.3 Å². The first-order chi connectivity index (χ1) is 9.24. The van der Waals surface area contributed by atoms with Gasteiger partial charge in [-0.2, -0.15) is 0 Å². The standard InChI is InChI=1S/C15H13BrN2O/c1-10(11-3-2-4-12(16)9-11)18-15-13-6-8-19-14(13)5-7-17-15/h2-10H,1H3,(H,17,18). The molecule has 3 nitrogen and oxygen atoms in total. The molecule has 1 atom stereocenters. The third-order valence-electron chi connectivity index (χ3n) is 3.08. The van der Waals surface area contributed by atoms with Crippen molar-refractivity contribution in [2.75, 3.05) is 5.32 Å². The Kier molecular flexibility index (Phi) is 3.25. The molecule has 0 aliphatic rings. The van der Waals surface area contributed by atoms with E-state index in [4.69, 9.17) is 4.42 Å². The molecule has 3 aromatic rings. The van der Waals surface area contributed by atoms with E-state index in [1.165, 1.54) is 5.56 Å². The van der Waals surface area contributed by atoms with Gasteiger partial charge >= 0.3 is 0 Å². The average Bonchev–Trinajstić information content (AvgIpc) is 2.88. The van der Waals surface area contributed by atoms with Crippen molar-refractivity contribution in [2.24, 2.45) is 0 Å². The van der Waals surface area contributed by atoms with Gasteiger partial charge in [0.25, 0.3) is 0 Å². The van der Waals surface area contributed by atoms with Crippen LogP contribution in [0.2, 0.25) is 0 Å². The molecule has 0 radical (unpaired) electrons. The molecule has 3 rings (SSSR count). The fraction of sp³-hybridized carbons (Fsp3) is 0.133. The molecule has 2 aromatic heterocycles. The molecule has 0 bridgehead atoms. The number of furan rings is 1. The fourth-order valence-corrected chi connectivity index (χ4v) is 2.49. The zero-order chi connectivity index (χ0) is 13.2. The molecule has 1 unspecified atom stereocenters. The molecule has 0 saturated carbocycles. The lowest BCUT2D eigenvalue weighted by atomic mass is 10.1. The number of fused-ring (bicyclic) bond motifs is 1. The van der Waals surface area contributed by atoms with E-state index >= 15 is 0 Å². The monoisotopic (exact) mass is 316 g/mol. The van der Waals surface area contributed by atoms with Crippen molar-refractivity contribution < 1.29 is 4.42 Å². The van der Waals surface area contributed by atoms with Gasteiger partial charge in [0.1, 0.15) is 11.4 Å². The molecule has 0 aliphatic carbocycles. The van der Waals surface area contributed by atoms with Crippen LogP contribution in [0.25, 0.3) is 11.0 Å². The number of hydrogen-bond donors (Lipinski definition) is 1. The zero-order valence-corrected chi connectivity index (χ0v) is 12.0. The van der Waals surface area contributed by atoms with E-state index in [1.807, 2.05) is 24.3 Å². The number of aromatic nitrogens is 1. The van der Waals surface area contributed by atoms with Crippen LogP contribution in [-0.4, -0.2) is 4.98 Å². The Morgan fingerprint density at radius 3 is 3.00 bits per heavy atom. The van der Waals surface area contributed by atoms with E-state index in [9.17, 15) is 0 Å². The normalized spacial score (nSPS) is 12.5. The van der Waals surface area contributed by atoms with Crippen LogP contribution in [0.15, 0.2) is 57.7 Å². The maximum atomic E-state index is 5.38. The van der Waals surface area contributed by atoms with Gasteiger partial charge in [-0.15, -0.1) is 0 Å². The summed E-state index contributed by atoms with van der Waals surface area (Å²) in [6.45, 7) is 2.11. The molecular weight excluding hydrogens is 304 g/mol. The van der Waals surface area contributed by atoms with Crippen LogP contribution < -0.4 is 5.32 Å². The number of pyridine rings is 1. The van der Waals surface area contributed by atoms with Gasteiger partial charge < -0.3 is 9.73 Å². The lowest BCUT2D eigenvalue weighted by molar-refractivity contribution is 0.615. The Bertz CT molecular complexity index is 708. The third-order valence-corrected chi connectivity index (χ3v) is 3.57. The van der Waals surface area contributed by atoms with Gasteiger partial charge in [-0.1, -0.05) is 28.1 Å². The van der Waals surface area contributed by atoms with Crippen molar-refractivity contribution in [2.45, 2.75) is 13.0 Å². The number of halogens is 1. The average molecular weight is 317 g/mol. The van der Waals surface area contributed by atoms with Crippen LogP contribution in [0.3, 0.4) is 0 Å². The molecule has 0 fully saturated rings. The molecule has 2 heterocycles. The summed E-state index contributed by atoms with van der Waals surface area (Å²) in [5, 5.41) is 4.43. The molecule has 0 spiro atoms. The quantitative estimate of drug-likeness (QED) is 0.756. The molecule has 0 aliphatic heterocycles. The summed E-state index contributed by atoms with van der Waals surface area (Å²) in [6, 6.07) is 12.2. The second kappa shape index (κ2) is 5.05. The van der Waals surface area contributed by atoms with Crippen molar-refractivity contribution in [3.8, 4) is 0 Å². The number of nitrogens with one attached hydrogen (secondary N) is 1. The van der Waals surface area contributed by atoms with Crippen LogP contribution in [-0.2, 0) is 0 Å². The maximum absolute atomic E-state index is 5.38. The predicted molar refractivity (Wildman–Crippen MR) is 80.2 cm³/mol. The number of nitrogens with zero attached hydrogens (tertiary/aromatic N) is 1. The van der Waals surface area contributed by atoms with Crippen LogP contribution >= 0.6 is 15.9 Å². The van der Waals surface area contributed by atoms with E-state index in [1.54, 1.807) is 12.5 Å². The summed E-state index contributed by atoms with van der Waals surface area (Å²) in [4.78, 5) is 4.38. The van der Waals surface area contributed by atoms with E-state index < -0.39 is 0 Å². The first-order valence-corrected chi connectivity index (χ1v) is 6.87. The molecule has 19 heavy (non-hydrogen) atoms.